The Morgan fingerprint density at radius 2 is 1.86 bits per heavy atom. The fourth-order valence-corrected chi connectivity index (χ4v) is 3.09. The van der Waals surface area contributed by atoms with E-state index in [2.05, 4.69) is 13.8 Å². The summed E-state index contributed by atoms with van der Waals surface area (Å²) in [7, 11) is 0. The SMILES string of the molecule is CC1(C)CCC(C(O)Cc2cccc(C(F)(F)F)c2)CC1. The topological polar surface area (TPSA) is 20.2 Å². The molecule has 118 valence electrons. The molecule has 1 nitrogen and oxygen atoms in total. The summed E-state index contributed by atoms with van der Waals surface area (Å²) in [6.45, 7) is 4.45. The van der Waals surface area contributed by atoms with Gasteiger partial charge in [0.25, 0.3) is 0 Å². The Bertz CT molecular complexity index is 469. The first-order chi connectivity index (χ1) is 9.67. The third kappa shape index (κ3) is 4.47. The highest BCUT2D eigenvalue weighted by molar-refractivity contribution is 5.26. The van der Waals surface area contributed by atoms with Gasteiger partial charge in [-0.1, -0.05) is 32.0 Å². The van der Waals surface area contributed by atoms with Crippen LogP contribution in [0.2, 0.25) is 0 Å². The molecule has 1 unspecified atom stereocenters. The van der Waals surface area contributed by atoms with Crippen LogP contribution >= 0.6 is 0 Å². The Morgan fingerprint density at radius 3 is 2.43 bits per heavy atom. The summed E-state index contributed by atoms with van der Waals surface area (Å²) >= 11 is 0. The maximum absolute atomic E-state index is 12.7. The van der Waals surface area contributed by atoms with E-state index in [1.807, 2.05) is 0 Å². The molecule has 0 spiro atoms. The van der Waals surface area contributed by atoms with Gasteiger partial charge in [-0.2, -0.15) is 13.2 Å². The molecule has 1 N–H and O–H groups in total. The van der Waals surface area contributed by atoms with Crippen molar-refractivity contribution < 1.29 is 18.3 Å². The molecular formula is C17H23F3O. The number of aliphatic hydroxyl groups excluding tert-OH is 1. The molecule has 1 aliphatic rings. The molecule has 0 bridgehead atoms. The van der Waals surface area contributed by atoms with Crippen molar-refractivity contribution in [2.75, 3.05) is 0 Å². The average molecular weight is 300 g/mol. The van der Waals surface area contributed by atoms with Crippen LogP contribution in [0.5, 0.6) is 0 Å². The maximum atomic E-state index is 12.7. The van der Waals surface area contributed by atoms with Crippen molar-refractivity contribution in [3.63, 3.8) is 0 Å². The van der Waals surface area contributed by atoms with Crippen molar-refractivity contribution in [2.24, 2.45) is 11.3 Å². The molecule has 0 aromatic heterocycles. The monoisotopic (exact) mass is 300 g/mol. The zero-order chi connectivity index (χ0) is 15.7. The van der Waals surface area contributed by atoms with Gasteiger partial charge in [0.15, 0.2) is 0 Å². The summed E-state index contributed by atoms with van der Waals surface area (Å²) in [4.78, 5) is 0. The summed E-state index contributed by atoms with van der Waals surface area (Å²) in [5, 5.41) is 10.3. The van der Waals surface area contributed by atoms with Crippen LogP contribution in [0.15, 0.2) is 24.3 Å². The van der Waals surface area contributed by atoms with Crippen LogP contribution in [0.3, 0.4) is 0 Å². The predicted octanol–water partition coefficient (Wildman–Crippen LogP) is 4.83. The van der Waals surface area contributed by atoms with E-state index in [1.165, 1.54) is 6.07 Å². The molecule has 1 fully saturated rings. The van der Waals surface area contributed by atoms with Crippen molar-refractivity contribution in [3.8, 4) is 0 Å². The molecule has 2 rings (SSSR count). The largest absolute Gasteiger partial charge is 0.416 e. The fourth-order valence-electron chi connectivity index (χ4n) is 3.09. The molecule has 0 aliphatic heterocycles. The first-order valence-corrected chi connectivity index (χ1v) is 7.52. The molecule has 21 heavy (non-hydrogen) atoms. The summed E-state index contributed by atoms with van der Waals surface area (Å²) in [6, 6.07) is 5.29. The minimum atomic E-state index is -4.32. The van der Waals surface area contributed by atoms with Crippen molar-refractivity contribution in [1.29, 1.82) is 0 Å². The summed E-state index contributed by atoms with van der Waals surface area (Å²) in [6.07, 6.45) is -0.538. The molecule has 0 saturated heterocycles. The molecule has 1 atom stereocenters. The molecule has 4 heteroatoms. The summed E-state index contributed by atoms with van der Waals surface area (Å²) in [5.41, 5.74) is 0.242. The van der Waals surface area contributed by atoms with Gasteiger partial charge < -0.3 is 5.11 Å². The predicted molar refractivity (Wildman–Crippen MR) is 76.9 cm³/mol. The van der Waals surface area contributed by atoms with E-state index in [0.29, 0.717) is 17.4 Å². The van der Waals surface area contributed by atoms with Crippen LogP contribution in [-0.4, -0.2) is 11.2 Å². The van der Waals surface area contributed by atoms with Gasteiger partial charge in [0.2, 0.25) is 0 Å². The Kier molecular flexibility index (Phi) is 4.66. The highest BCUT2D eigenvalue weighted by Gasteiger charge is 2.32. The zero-order valence-corrected chi connectivity index (χ0v) is 12.6. The van der Waals surface area contributed by atoms with Crippen molar-refractivity contribution in [2.45, 2.75) is 58.2 Å². The number of aliphatic hydroxyl groups is 1. The molecular weight excluding hydrogens is 277 g/mol. The highest BCUT2D eigenvalue weighted by atomic mass is 19.4. The van der Waals surface area contributed by atoms with Crippen LogP contribution in [0.25, 0.3) is 0 Å². The van der Waals surface area contributed by atoms with Gasteiger partial charge in [0.1, 0.15) is 0 Å². The molecule has 1 aromatic rings. The number of halogens is 3. The number of rotatable bonds is 3. The van der Waals surface area contributed by atoms with E-state index < -0.39 is 17.8 Å². The molecule has 0 radical (unpaired) electrons. The normalized spacial score (nSPS) is 21.2. The molecule has 0 heterocycles. The summed E-state index contributed by atoms with van der Waals surface area (Å²) < 4.78 is 38.0. The number of benzene rings is 1. The van der Waals surface area contributed by atoms with Crippen LogP contribution in [0.4, 0.5) is 13.2 Å². The zero-order valence-electron chi connectivity index (χ0n) is 12.6. The maximum Gasteiger partial charge on any atom is 0.416 e. The third-order valence-corrected chi connectivity index (χ3v) is 4.63. The van der Waals surface area contributed by atoms with Crippen molar-refractivity contribution in [1.82, 2.24) is 0 Å². The second kappa shape index (κ2) is 5.99. The van der Waals surface area contributed by atoms with Crippen molar-refractivity contribution in [3.05, 3.63) is 35.4 Å². The fraction of sp³-hybridized carbons (Fsp3) is 0.647. The molecule has 0 amide bonds. The second-order valence-corrected chi connectivity index (χ2v) is 6.97. The van der Waals surface area contributed by atoms with Crippen LogP contribution in [0, 0.1) is 11.3 Å². The van der Waals surface area contributed by atoms with Gasteiger partial charge in [-0.05, 0) is 55.1 Å². The van der Waals surface area contributed by atoms with Crippen LogP contribution in [0.1, 0.15) is 50.7 Å². The van der Waals surface area contributed by atoms with E-state index in [9.17, 15) is 18.3 Å². The average Bonchev–Trinajstić information content (AvgIpc) is 2.37. The van der Waals surface area contributed by atoms with E-state index in [4.69, 9.17) is 0 Å². The number of alkyl halides is 3. The molecule has 1 saturated carbocycles. The lowest BCUT2D eigenvalue weighted by atomic mass is 9.71. The summed E-state index contributed by atoms with van der Waals surface area (Å²) in [5.74, 6) is 0.201. The van der Waals surface area contributed by atoms with Gasteiger partial charge in [0.05, 0.1) is 11.7 Å². The minimum absolute atomic E-state index is 0.201. The number of hydrogen-bond acceptors (Lipinski definition) is 1. The van der Waals surface area contributed by atoms with Gasteiger partial charge in [-0.25, -0.2) is 0 Å². The van der Waals surface area contributed by atoms with E-state index in [-0.39, 0.29) is 5.92 Å². The van der Waals surface area contributed by atoms with Gasteiger partial charge in [-0.15, -0.1) is 0 Å². The second-order valence-electron chi connectivity index (χ2n) is 6.97. The Morgan fingerprint density at radius 1 is 1.24 bits per heavy atom. The Labute approximate surface area is 124 Å². The van der Waals surface area contributed by atoms with Gasteiger partial charge in [-0.3, -0.25) is 0 Å². The minimum Gasteiger partial charge on any atom is -0.392 e. The van der Waals surface area contributed by atoms with Crippen LogP contribution in [-0.2, 0) is 12.6 Å². The van der Waals surface area contributed by atoms with E-state index in [1.54, 1.807) is 6.07 Å². The highest BCUT2D eigenvalue weighted by Crippen LogP contribution is 2.39. The lowest BCUT2D eigenvalue weighted by molar-refractivity contribution is -0.137. The quantitative estimate of drug-likeness (QED) is 0.848. The van der Waals surface area contributed by atoms with Gasteiger partial charge in [0, 0.05) is 0 Å². The lowest BCUT2D eigenvalue weighted by Gasteiger charge is -2.36. The van der Waals surface area contributed by atoms with E-state index >= 15 is 0 Å². The van der Waals surface area contributed by atoms with Crippen molar-refractivity contribution >= 4 is 0 Å². The van der Waals surface area contributed by atoms with Gasteiger partial charge >= 0.3 is 6.18 Å². The first kappa shape index (κ1) is 16.3. The number of hydrogen-bond donors (Lipinski definition) is 1. The smallest absolute Gasteiger partial charge is 0.392 e. The third-order valence-electron chi connectivity index (χ3n) is 4.63. The standard InChI is InChI=1S/C17H23F3O/c1-16(2)8-6-13(7-9-16)15(21)11-12-4-3-5-14(10-12)17(18,19)20/h3-5,10,13,15,21H,6-9,11H2,1-2H3. The van der Waals surface area contributed by atoms with E-state index in [0.717, 1.165) is 37.8 Å². The molecule has 1 aliphatic carbocycles. The Hall–Kier alpha value is -1.03. The van der Waals surface area contributed by atoms with Crippen LogP contribution < -0.4 is 0 Å². The lowest BCUT2D eigenvalue weighted by Crippen LogP contribution is -2.30. The Balaban J connectivity index is 1.99. The first-order valence-electron chi connectivity index (χ1n) is 7.52. The molecule has 1 aromatic carbocycles.